The highest BCUT2D eigenvalue weighted by molar-refractivity contribution is 5.96. The normalized spacial score (nSPS) is 15.6. The van der Waals surface area contributed by atoms with Gasteiger partial charge in [-0.3, -0.25) is 9.48 Å². The molecule has 0 spiro atoms. The first-order chi connectivity index (χ1) is 13.1. The van der Waals surface area contributed by atoms with E-state index >= 15 is 0 Å². The van der Waals surface area contributed by atoms with Crippen LogP contribution in [0, 0.1) is 12.7 Å². The number of aryl methyl sites for hydroxylation is 1. The van der Waals surface area contributed by atoms with Gasteiger partial charge in [0.2, 0.25) is 0 Å². The van der Waals surface area contributed by atoms with Crippen LogP contribution in [-0.4, -0.2) is 38.6 Å². The Morgan fingerprint density at radius 3 is 2.68 bits per heavy atom. The molecule has 0 unspecified atom stereocenters. The van der Waals surface area contributed by atoms with Gasteiger partial charge in [0.1, 0.15) is 11.2 Å². The maximum Gasteiger partial charge on any atom is 0.252 e. The van der Waals surface area contributed by atoms with Crippen LogP contribution < -0.4 is 10.6 Å². The lowest BCUT2D eigenvalue weighted by molar-refractivity contribution is -0.126. The number of rotatable bonds is 4. The van der Waals surface area contributed by atoms with E-state index in [-0.39, 0.29) is 18.3 Å². The number of carbonyl (C=O) groups excluding carboxylic acids is 1. The molecule has 1 aliphatic heterocycles. The highest BCUT2D eigenvalue weighted by Gasteiger charge is 2.42. The fourth-order valence-electron chi connectivity index (χ4n) is 3.49. The van der Waals surface area contributed by atoms with Crippen molar-refractivity contribution in [1.29, 1.82) is 0 Å². The highest BCUT2D eigenvalue weighted by atomic mass is 35.5. The molecule has 2 N–H and O–H groups in total. The lowest BCUT2D eigenvalue weighted by Gasteiger charge is -2.36. The molecular formula is C19H22ClFN6O. The number of halogens is 2. The molecule has 0 bridgehead atoms. The van der Waals surface area contributed by atoms with Gasteiger partial charge in [-0.25, -0.2) is 9.07 Å². The van der Waals surface area contributed by atoms with Gasteiger partial charge in [-0.1, -0.05) is 0 Å². The summed E-state index contributed by atoms with van der Waals surface area (Å²) in [5.41, 5.74) is 0.919. The highest BCUT2D eigenvalue weighted by Crippen LogP contribution is 2.29. The van der Waals surface area contributed by atoms with E-state index in [4.69, 9.17) is 0 Å². The maximum absolute atomic E-state index is 14.6. The molecule has 1 aromatic carbocycles. The molecule has 0 atom stereocenters. The van der Waals surface area contributed by atoms with E-state index < -0.39 is 11.4 Å². The minimum absolute atomic E-state index is 0. The average molecular weight is 405 g/mol. The lowest BCUT2D eigenvalue weighted by atomic mass is 9.87. The van der Waals surface area contributed by atoms with Crippen LogP contribution in [0.5, 0.6) is 0 Å². The number of amides is 1. The summed E-state index contributed by atoms with van der Waals surface area (Å²) in [6, 6.07) is 6.42. The van der Waals surface area contributed by atoms with Crippen LogP contribution >= 0.6 is 12.4 Å². The number of carbonyl (C=O) groups is 1. The van der Waals surface area contributed by atoms with E-state index in [1.165, 1.54) is 10.7 Å². The molecule has 2 aromatic heterocycles. The van der Waals surface area contributed by atoms with E-state index in [0.717, 1.165) is 18.7 Å². The number of hydrogen-bond donors (Lipinski definition) is 2. The Morgan fingerprint density at radius 1 is 1.29 bits per heavy atom. The maximum atomic E-state index is 14.6. The summed E-state index contributed by atoms with van der Waals surface area (Å²) in [7, 11) is 0. The number of nitrogens with one attached hydrogen (secondary N) is 2. The lowest BCUT2D eigenvalue weighted by Crippen LogP contribution is -2.52. The van der Waals surface area contributed by atoms with E-state index in [1.807, 2.05) is 6.92 Å². The van der Waals surface area contributed by atoms with Crippen LogP contribution in [0.3, 0.4) is 0 Å². The van der Waals surface area contributed by atoms with Crippen LogP contribution in [0.25, 0.3) is 5.69 Å². The molecule has 0 aliphatic carbocycles. The summed E-state index contributed by atoms with van der Waals surface area (Å²) in [5.74, 6) is -0.635. The summed E-state index contributed by atoms with van der Waals surface area (Å²) >= 11 is 0. The van der Waals surface area contributed by atoms with Crippen molar-refractivity contribution in [3.05, 3.63) is 60.4 Å². The molecule has 1 aliphatic rings. The summed E-state index contributed by atoms with van der Waals surface area (Å²) in [6.45, 7) is 3.34. The van der Waals surface area contributed by atoms with Crippen LogP contribution in [0.1, 0.15) is 18.4 Å². The van der Waals surface area contributed by atoms with Crippen LogP contribution in [-0.2, 0) is 10.3 Å². The van der Waals surface area contributed by atoms with Gasteiger partial charge in [-0.2, -0.15) is 10.2 Å². The summed E-state index contributed by atoms with van der Waals surface area (Å²) < 4.78 is 17.8. The monoisotopic (exact) mass is 404 g/mol. The number of nitrogens with zero attached hydrogens (tertiary/aromatic N) is 4. The first kappa shape index (κ1) is 20.0. The zero-order valence-electron chi connectivity index (χ0n) is 15.4. The van der Waals surface area contributed by atoms with Gasteiger partial charge < -0.3 is 10.6 Å². The Kier molecular flexibility index (Phi) is 5.81. The summed E-state index contributed by atoms with van der Waals surface area (Å²) in [5, 5.41) is 14.6. The molecule has 28 heavy (non-hydrogen) atoms. The smallest absolute Gasteiger partial charge is 0.252 e. The average Bonchev–Trinajstić information content (AvgIpc) is 3.34. The van der Waals surface area contributed by atoms with Crippen molar-refractivity contribution >= 4 is 24.0 Å². The largest absolute Gasteiger partial charge is 0.324 e. The number of hydrogen-bond acceptors (Lipinski definition) is 4. The van der Waals surface area contributed by atoms with Gasteiger partial charge in [-0.15, -0.1) is 12.4 Å². The van der Waals surface area contributed by atoms with E-state index in [2.05, 4.69) is 20.8 Å². The quantitative estimate of drug-likeness (QED) is 0.701. The first-order valence-electron chi connectivity index (χ1n) is 8.92. The second-order valence-corrected chi connectivity index (χ2v) is 6.81. The Balaban J connectivity index is 0.00000225. The minimum Gasteiger partial charge on any atom is -0.324 e. The van der Waals surface area contributed by atoms with Gasteiger partial charge in [0.15, 0.2) is 5.82 Å². The third kappa shape index (κ3) is 3.65. The predicted octanol–water partition coefficient (Wildman–Crippen LogP) is 2.66. The zero-order chi connectivity index (χ0) is 18.9. The van der Waals surface area contributed by atoms with E-state index in [9.17, 15) is 9.18 Å². The molecular weight excluding hydrogens is 383 g/mol. The molecule has 3 heterocycles. The third-order valence-electron chi connectivity index (χ3n) is 4.96. The molecule has 7 nitrogen and oxygen atoms in total. The van der Waals surface area contributed by atoms with Gasteiger partial charge >= 0.3 is 0 Å². The van der Waals surface area contributed by atoms with Crippen molar-refractivity contribution in [3.63, 3.8) is 0 Å². The topological polar surface area (TPSA) is 76.8 Å². The Bertz CT molecular complexity index is 949. The second-order valence-electron chi connectivity index (χ2n) is 6.81. The van der Waals surface area contributed by atoms with Gasteiger partial charge in [0, 0.05) is 24.3 Å². The van der Waals surface area contributed by atoms with Crippen LogP contribution in [0.4, 0.5) is 10.1 Å². The predicted molar refractivity (Wildman–Crippen MR) is 106 cm³/mol. The van der Waals surface area contributed by atoms with Gasteiger partial charge in [0.05, 0.1) is 6.20 Å². The number of aromatic nitrogens is 4. The second kappa shape index (κ2) is 8.12. The number of benzene rings is 1. The van der Waals surface area contributed by atoms with Gasteiger partial charge in [0.25, 0.3) is 5.91 Å². The minimum atomic E-state index is -0.775. The Labute approximate surface area is 168 Å². The summed E-state index contributed by atoms with van der Waals surface area (Å²) in [6.07, 6.45) is 8.12. The summed E-state index contributed by atoms with van der Waals surface area (Å²) in [4.78, 5) is 13.1. The molecule has 148 valence electrons. The van der Waals surface area contributed by atoms with Crippen LogP contribution in [0.15, 0.2) is 49.1 Å². The Morgan fingerprint density at radius 2 is 2.07 bits per heavy atom. The standard InChI is InChI=1S/C19H21FN6O.ClH/c1-14-12-23-25(13-14)17-4-3-15(11-16(17)20)24-18(27)19(5-8-21-9-6-19)26-10-2-7-22-26;/h2-4,7,10-13,21H,5-6,8-9H2,1H3,(H,24,27);1H. The van der Waals surface area contributed by atoms with Gasteiger partial charge in [-0.05, 0) is 62.7 Å². The van der Waals surface area contributed by atoms with Crippen molar-refractivity contribution in [3.8, 4) is 5.69 Å². The molecule has 1 amide bonds. The molecule has 3 aromatic rings. The zero-order valence-corrected chi connectivity index (χ0v) is 16.2. The Hall–Kier alpha value is -2.71. The fourth-order valence-corrected chi connectivity index (χ4v) is 3.49. The number of anilines is 1. The third-order valence-corrected chi connectivity index (χ3v) is 4.96. The van der Waals surface area contributed by atoms with Crippen LogP contribution in [0.2, 0.25) is 0 Å². The SMILES string of the molecule is Cc1cnn(-c2ccc(NC(=O)C3(n4cccn4)CCNCC3)cc2F)c1.Cl. The van der Waals surface area contributed by atoms with Crippen molar-refractivity contribution in [2.24, 2.45) is 0 Å². The van der Waals surface area contributed by atoms with Crippen molar-refractivity contribution in [1.82, 2.24) is 24.9 Å². The van der Waals surface area contributed by atoms with Crippen molar-refractivity contribution in [2.45, 2.75) is 25.3 Å². The molecule has 0 saturated carbocycles. The molecule has 9 heteroatoms. The van der Waals surface area contributed by atoms with Crippen molar-refractivity contribution < 1.29 is 9.18 Å². The molecule has 4 rings (SSSR count). The fraction of sp³-hybridized carbons (Fsp3) is 0.316. The molecule has 1 fully saturated rings. The van der Waals surface area contributed by atoms with E-state index in [1.54, 1.807) is 47.7 Å². The molecule has 0 radical (unpaired) electrons. The van der Waals surface area contributed by atoms with E-state index in [0.29, 0.717) is 24.2 Å². The number of piperidine rings is 1. The first-order valence-corrected chi connectivity index (χ1v) is 8.92. The van der Waals surface area contributed by atoms with Crippen molar-refractivity contribution in [2.75, 3.05) is 18.4 Å². The molecule has 1 saturated heterocycles.